The highest BCUT2D eigenvalue weighted by atomic mass is 127. The van der Waals surface area contributed by atoms with Crippen LogP contribution in [0.4, 0.5) is 0 Å². The third kappa shape index (κ3) is 7.72. The Hall–Kier alpha value is -0.510. The summed E-state index contributed by atoms with van der Waals surface area (Å²) in [6.07, 6.45) is 4.95. The summed E-state index contributed by atoms with van der Waals surface area (Å²) in [6.45, 7) is 6.39. The van der Waals surface area contributed by atoms with E-state index >= 15 is 0 Å². The number of hydrogen-bond donors (Lipinski definition) is 2. The lowest BCUT2D eigenvalue weighted by Crippen LogP contribution is -2.43. The quantitative estimate of drug-likeness (QED) is 0.325. The molecule has 2 fully saturated rings. The van der Waals surface area contributed by atoms with Gasteiger partial charge >= 0.3 is 0 Å². The van der Waals surface area contributed by atoms with Gasteiger partial charge in [0.05, 0.1) is 12.7 Å². The molecule has 2 aliphatic heterocycles. The Balaban J connectivity index is 0.00000280. The number of halogens is 1. The molecule has 1 unspecified atom stereocenters. The Kier molecular flexibility index (Phi) is 10.4. The van der Waals surface area contributed by atoms with Gasteiger partial charge in [-0.1, -0.05) is 24.3 Å². The fourth-order valence-corrected chi connectivity index (χ4v) is 4.71. The Labute approximate surface area is 190 Å². The monoisotopic (exact) mass is 519 g/mol. The zero-order valence-corrected chi connectivity index (χ0v) is 20.2. The second-order valence-corrected chi connectivity index (χ2v) is 9.30. The first-order valence-electron chi connectivity index (χ1n) is 10.0. The summed E-state index contributed by atoms with van der Waals surface area (Å²) in [5.74, 6) is 2.14. The highest BCUT2D eigenvalue weighted by Gasteiger charge is 2.29. The Morgan fingerprint density at radius 2 is 1.93 bits per heavy atom. The third-order valence-electron chi connectivity index (χ3n) is 5.29. The van der Waals surface area contributed by atoms with Gasteiger partial charge in [-0.05, 0) is 49.5 Å². The number of guanidine groups is 1. The summed E-state index contributed by atoms with van der Waals surface area (Å²) in [6, 6.07) is 8.64. The highest BCUT2D eigenvalue weighted by molar-refractivity contribution is 14.0. The van der Waals surface area contributed by atoms with Crippen molar-refractivity contribution < 1.29 is 9.47 Å². The van der Waals surface area contributed by atoms with Crippen molar-refractivity contribution >= 4 is 41.7 Å². The SMILES string of the molecule is CN=C(NCc1ccc(COC2CCOCC2)cc1)NCC1(C)CCCS1.I. The minimum absolute atomic E-state index is 0. The average molecular weight is 519 g/mol. The molecule has 3 rings (SSSR count). The molecule has 1 aromatic rings. The minimum Gasteiger partial charge on any atom is -0.381 e. The lowest BCUT2D eigenvalue weighted by Gasteiger charge is -2.24. The Morgan fingerprint density at radius 1 is 1.21 bits per heavy atom. The number of rotatable bonds is 7. The molecule has 0 aromatic heterocycles. The summed E-state index contributed by atoms with van der Waals surface area (Å²) in [5, 5.41) is 6.89. The van der Waals surface area contributed by atoms with Crippen LogP contribution in [0, 0.1) is 0 Å². The van der Waals surface area contributed by atoms with Crippen LogP contribution in [0.2, 0.25) is 0 Å². The number of nitrogens with one attached hydrogen (secondary N) is 2. The molecule has 5 nitrogen and oxygen atoms in total. The maximum absolute atomic E-state index is 5.99. The van der Waals surface area contributed by atoms with Crippen LogP contribution in [0.15, 0.2) is 29.3 Å². The number of ether oxygens (including phenoxy) is 2. The van der Waals surface area contributed by atoms with Crippen molar-refractivity contribution in [1.29, 1.82) is 0 Å². The van der Waals surface area contributed by atoms with E-state index in [4.69, 9.17) is 9.47 Å². The Morgan fingerprint density at radius 3 is 2.57 bits per heavy atom. The van der Waals surface area contributed by atoms with Crippen molar-refractivity contribution in [2.24, 2.45) is 4.99 Å². The maximum atomic E-state index is 5.99. The van der Waals surface area contributed by atoms with Crippen molar-refractivity contribution in [2.75, 3.05) is 32.6 Å². The molecular weight excluding hydrogens is 485 g/mol. The van der Waals surface area contributed by atoms with Gasteiger partial charge in [0.25, 0.3) is 0 Å². The maximum Gasteiger partial charge on any atom is 0.191 e. The van der Waals surface area contributed by atoms with E-state index in [9.17, 15) is 0 Å². The van der Waals surface area contributed by atoms with Crippen LogP contribution < -0.4 is 10.6 Å². The van der Waals surface area contributed by atoms with E-state index < -0.39 is 0 Å². The van der Waals surface area contributed by atoms with Crippen LogP contribution in [0.5, 0.6) is 0 Å². The van der Waals surface area contributed by atoms with Crippen molar-refractivity contribution in [1.82, 2.24) is 10.6 Å². The first-order chi connectivity index (χ1) is 13.2. The van der Waals surface area contributed by atoms with Gasteiger partial charge in [0, 0.05) is 38.1 Å². The summed E-state index contributed by atoms with van der Waals surface area (Å²) < 4.78 is 11.7. The number of hydrogen-bond acceptors (Lipinski definition) is 4. The van der Waals surface area contributed by atoms with Crippen LogP contribution >= 0.6 is 35.7 Å². The first-order valence-corrected chi connectivity index (χ1v) is 11.0. The van der Waals surface area contributed by atoms with Gasteiger partial charge in [-0.2, -0.15) is 11.8 Å². The molecule has 0 spiro atoms. The van der Waals surface area contributed by atoms with Gasteiger partial charge in [-0.25, -0.2) is 0 Å². The molecule has 0 saturated carbocycles. The van der Waals surface area contributed by atoms with Gasteiger partial charge in [-0.15, -0.1) is 24.0 Å². The second kappa shape index (κ2) is 12.2. The zero-order valence-electron chi connectivity index (χ0n) is 17.0. The predicted molar refractivity (Wildman–Crippen MR) is 129 cm³/mol. The van der Waals surface area contributed by atoms with E-state index in [1.165, 1.54) is 29.7 Å². The van der Waals surface area contributed by atoms with Crippen LogP contribution in [0.1, 0.15) is 43.7 Å². The number of nitrogens with zero attached hydrogens (tertiary/aromatic N) is 1. The van der Waals surface area contributed by atoms with E-state index in [0.29, 0.717) is 17.5 Å². The van der Waals surface area contributed by atoms with Crippen molar-refractivity contribution in [3.05, 3.63) is 35.4 Å². The van der Waals surface area contributed by atoms with Crippen LogP contribution in [-0.4, -0.2) is 49.4 Å². The van der Waals surface area contributed by atoms with Crippen LogP contribution in [0.25, 0.3) is 0 Å². The lowest BCUT2D eigenvalue weighted by molar-refractivity contribution is -0.0390. The molecular formula is C21H34IN3O2S. The number of thioether (sulfide) groups is 1. The molecule has 1 aromatic carbocycles. The molecule has 2 heterocycles. The van der Waals surface area contributed by atoms with E-state index in [-0.39, 0.29) is 24.0 Å². The molecule has 2 aliphatic rings. The molecule has 1 atom stereocenters. The normalized spacial score (nSPS) is 23.3. The standard InChI is InChI=1S/C21H33N3O2S.HI/c1-21(10-3-13-27-21)16-24-20(22-2)23-14-17-4-6-18(7-5-17)15-26-19-8-11-25-12-9-19;/h4-7,19H,3,8-16H2,1-2H3,(H2,22,23,24);1H. The summed E-state index contributed by atoms with van der Waals surface area (Å²) >= 11 is 2.06. The predicted octanol–water partition coefficient (Wildman–Crippen LogP) is 3.95. The average Bonchev–Trinajstić information content (AvgIpc) is 3.15. The third-order valence-corrected chi connectivity index (χ3v) is 6.83. The summed E-state index contributed by atoms with van der Waals surface area (Å²) in [5.41, 5.74) is 2.47. The number of aliphatic imine (C=N–C) groups is 1. The minimum atomic E-state index is 0. The van der Waals surface area contributed by atoms with Gasteiger partial charge in [-0.3, -0.25) is 4.99 Å². The van der Waals surface area contributed by atoms with Crippen molar-refractivity contribution in [3.63, 3.8) is 0 Å². The molecule has 0 radical (unpaired) electrons. The number of benzene rings is 1. The molecule has 2 N–H and O–H groups in total. The van der Waals surface area contributed by atoms with Crippen LogP contribution in [0.3, 0.4) is 0 Å². The molecule has 28 heavy (non-hydrogen) atoms. The smallest absolute Gasteiger partial charge is 0.191 e. The topological polar surface area (TPSA) is 54.9 Å². The van der Waals surface area contributed by atoms with Gasteiger partial charge in [0.15, 0.2) is 5.96 Å². The molecule has 158 valence electrons. The summed E-state index contributed by atoms with van der Waals surface area (Å²) in [7, 11) is 1.83. The van der Waals surface area contributed by atoms with E-state index in [2.05, 4.69) is 58.6 Å². The fourth-order valence-electron chi connectivity index (χ4n) is 3.46. The Bertz CT molecular complexity index is 600. The van der Waals surface area contributed by atoms with Crippen molar-refractivity contribution in [3.8, 4) is 0 Å². The zero-order chi connectivity index (χ0) is 19.0. The second-order valence-electron chi connectivity index (χ2n) is 7.62. The van der Waals surface area contributed by atoms with E-state index in [1.807, 2.05) is 7.05 Å². The highest BCUT2D eigenvalue weighted by Crippen LogP contribution is 2.36. The molecule has 7 heteroatoms. The van der Waals surface area contributed by atoms with Crippen LogP contribution in [-0.2, 0) is 22.6 Å². The fraction of sp³-hybridized carbons (Fsp3) is 0.667. The van der Waals surface area contributed by atoms with Gasteiger partial charge in [0.2, 0.25) is 0 Å². The van der Waals surface area contributed by atoms with Gasteiger partial charge < -0.3 is 20.1 Å². The molecule has 0 bridgehead atoms. The first kappa shape index (κ1) is 23.8. The summed E-state index contributed by atoms with van der Waals surface area (Å²) in [4.78, 5) is 4.35. The molecule has 2 saturated heterocycles. The largest absolute Gasteiger partial charge is 0.381 e. The van der Waals surface area contributed by atoms with E-state index in [1.54, 1.807) is 0 Å². The van der Waals surface area contributed by atoms with Gasteiger partial charge in [0.1, 0.15) is 0 Å². The molecule has 0 aliphatic carbocycles. The lowest BCUT2D eigenvalue weighted by atomic mass is 10.1. The molecule has 0 amide bonds. The van der Waals surface area contributed by atoms with Crippen molar-refractivity contribution in [2.45, 2.75) is 56.6 Å². The van der Waals surface area contributed by atoms with E-state index in [0.717, 1.165) is 45.1 Å².